The van der Waals surface area contributed by atoms with Crippen LogP contribution in [0.4, 0.5) is 13.2 Å². The van der Waals surface area contributed by atoms with Gasteiger partial charge >= 0.3 is 6.18 Å². The van der Waals surface area contributed by atoms with Crippen LogP contribution in [0.2, 0.25) is 0 Å². The van der Waals surface area contributed by atoms with Gasteiger partial charge in [0.1, 0.15) is 0 Å². The van der Waals surface area contributed by atoms with Gasteiger partial charge in [-0.15, -0.1) is 0 Å². The molecule has 0 saturated carbocycles. The molecule has 0 fully saturated rings. The Morgan fingerprint density at radius 2 is 1.89 bits per heavy atom. The molecule has 0 N–H and O–H groups in total. The predicted molar refractivity (Wildman–Crippen MR) is 33.7 cm³/mol. The third-order valence-corrected chi connectivity index (χ3v) is 1.51. The summed E-state index contributed by atoms with van der Waals surface area (Å²) in [5.74, 6) is 0.597. The number of thioether (sulfide) groups is 1. The molecule has 0 aliphatic carbocycles. The largest absolute Gasteiger partial charge is 0.389 e. The van der Waals surface area contributed by atoms with Crippen molar-refractivity contribution in [3.05, 3.63) is 0 Å². The van der Waals surface area contributed by atoms with Crippen LogP contribution >= 0.6 is 11.8 Å². The Bertz CT molecular complexity index is 69.1. The van der Waals surface area contributed by atoms with Gasteiger partial charge < -0.3 is 0 Å². The van der Waals surface area contributed by atoms with E-state index in [1.807, 2.05) is 0 Å². The van der Waals surface area contributed by atoms with E-state index in [4.69, 9.17) is 0 Å². The molecule has 0 aliphatic rings. The zero-order chi connectivity index (χ0) is 7.33. The Kier molecular flexibility index (Phi) is 4.10. The first-order chi connectivity index (χ1) is 4.06. The van der Waals surface area contributed by atoms with Gasteiger partial charge in [0.25, 0.3) is 0 Å². The lowest BCUT2D eigenvalue weighted by Crippen LogP contribution is -2.06. The Morgan fingerprint density at radius 1 is 1.33 bits per heavy atom. The van der Waals surface area contributed by atoms with E-state index in [1.54, 1.807) is 6.26 Å². The molecule has 0 aromatic heterocycles. The van der Waals surface area contributed by atoms with Crippen molar-refractivity contribution in [3.8, 4) is 0 Å². The minimum Gasteiger partial charge on any atom is -0.171 e. The van der Waals surface area contributed by atoms with Gasteiger partial charge in [0.15, 0.2) is 0 Å². The minimum atomic E-state index is -3.96. The molecule has 0 aliphatic heterocycles. The van der Waals surface area contributed by atoms with Crippen molar-refractivity contribution in [2.45, 2.75) is 19.0 Å². The lowest BCUT2D eigenvalue weighted by Gasteiger charge is -2.03. The fourth-order valence-electron chi connectivity index (χ4n) is 0.417. The molecule has 0 spiro atoms. The second-order valence-corrected chi connectivity index (χ2v) is 2.70. The topological polar surface area (TPSA) is 0 Å². The molecule has 0 saturated heterocycles. The molecule has 0 bridgehead atoms. The average molecular weight is 158 g/mol. The highest BCUT2D eigenvalue weighted by molar-refractivity contribution is 7.98. The summed E-state index contributed by atoms with van der Waals surface area (Å²) in [4.78, 5) is 0. The molecule has 0 aromatic rings. The Balaban J connectivity index is 3.07. The van der Waals surface area contributed by atoms with Gasteiger partial charge in [0, 0.05) is 6.42 Å². The average Bonchev–Trinajstić information content (AvgIpc) is 1.63. The molecule has 0 aromatic carbocycles. The van der Waals surface area contributed by atoms with Crippen LogP contribution in [0.3, 0.4) is 0 Å². The molecule has 9 heavy (non-hydrogen) atoms. The first-order valence-corrected chi connectivity index (χ1v) is 4.01. The summed E-state index contributed by atoms with van der Waals surface area (Å²) in [6.45, 7) is 0. The van der Waals surface area contributed by atoms with Gasteiger partial charge in [0.2, 0.25) is 0 Å². The normalized spacial score (nSPS) is 12.0. The maximum absolute atomic E-state index is 11.4. The lowest BCUT2D eigenvalue weighted by atomic mass is 10.3. The van der Waals surface area contributed by atoms with Crippen molar-refractivity contribution in [2.24, 2.45) is 0 Å². The van der Waals surface area contributed by atoms with Gasteiger partial charge in [0.05, 0.1) is 0 Å². The third kappa shape index (κ3) is 8.14. The monoisotopic (exact) mass is 158 g/mol. The summed E-state index contributed by atoms with van der Waals surface area (Å²) in [5.41, 5.74) is 0. The van der Waals surface area contributed by atoms with Crippen molar-refractivity contribution in [1.29, 1.82) is 0 Å². The number of alkyl halides is 3. The van der Waals surface area contributed by atoms with E-state index in [2.05, 4.69) is 0 Å². The standard InChI is InChI=1S/C5H9F3S/c1-9-4-2-3-5(6,7)8/h2-4H2,1H3. The van der Waals surface area contributed by atoms with E-state index in [-0.39, 0.29) is 6.42 Å². The third-order valence-electron chi connectivity index (χ3n) is 0.809. The maximum atomic E-state index is 11.4. The molecular formula is C5H9F3S. The molecule has 0 atom stereocenters. The van der Waals surface area contributed by atoms with Crippen molar-refractivity contribution < 1.29 is 13.2 Å². The maximum Gasteiger partial charge on any atom is 0.389 e. The van der Waals surface area contributed by atoms with E-state index in [0.717, 1.165) is 0 Å². The van der Waals surface area contributed by atoms with Crippen molar-refractivity contribution in [3.63, 3.8) is 0 Å². The van der Waals surface area contributed by atoms with Crippen LogP contribution in [0.15, 0.2) is 0 Å². The Labute approximate surface area is 56.8 Å². The number of hydrogen-bond donors (Lipinski definition) is 0. The minimum absolute atomic E-state index is 0.241. The van der Waals surface area contributed by atoms with E-state index >= 15 is 0 Å². The highest BCUT2D eigenvalue weighted by Crippen LogP contribution is 2.21. The fraction of sp³-hybridized carbons (Fsp3) is 1.00. The van der Waals surface area contributed by atoms with Crippen molar-refractivity contribution in [1.82, 2.24) is 0 Å². The summed E-state index contributed by atoms with van der Waals surface area (Å²) in [5, 5.41) is 0. The quantitative estimate of drug-likeness (QED) is 0.569. The highest BCUT2D eigenvalue weighted by Gasteiger charge is 2.25. The molecule has 4 heteroatoms. The molecule has 0 unspecified atom stereocenters. The molecule has 0 nitrogen and oxygen atoms in total. The van der Waals surface area contributed by atoms with Crippen LogP contribution in [0.5, 0.6) is 0 Å². The lowest BCUT2D eigenvalue weighted by molar-refractivity contribution is -0.134. The summed E-state index contributed by atoms with van der Waals surface area (Å²) in [6.07, 6.45) is -2.56. The van der Waals surface area contributed by atoms with Crippen LogP contribution < -0.4 is 0 Å². The molecule has 0 heterocycles. The fourth-order valence-corrected chi connectivity index (χ4v) is 0.850. The van der Waals surface area contributed by atoms with Gasteiger partial charge in [-0.3, -0.25) is 0 Å². The second-order valence-electron chi connectivity index (χ2n) is 1.71. The van der Waals surface area contributed by atoms with Gasteiger partial charge in [-0.05, 0) is 18.4 Å². The summed E-state index contributed by atoms with van der Waals surface area (Å²) in [6, 6.07) is 0. The van der Waals surface area contributed by atoms with Crippen LogP contribution in [0.25, 0.3) is 0 Å². The SMILES string of the molecule is CSCCCC(F)(F)F. The summed E-state index contributed by atoms with van der Waals surface area (Å²) < 4.78 is 34.1. The number of rotatable bonds is 3. The smallest absolute Gasteiger partial charge is 0.171 e. The molecule has 0 amide bonds. The number of hydrogen-bond acceptors (Lipinski definition) is 1. The zero-order valence-corrected chi connectivity index (χ0v) is 5.98. The van der Waals surface area contributed by atoms with Crippen molar-refractivity contribution >= 4 is 11.8 Å². The van der Waals surface area contributed by atoms with E-state index in [1.165, 1.54) is 11.8 Å². The Hall–Kier alpha value is 0.140. The Morgan fingerprint density at radius 3 is 2.22 bits per heavy atom. The van der Waals surface area contributed by atoms with Gasteiger partial charge in [-0.2, -0.15) is 24.9 Å². The first-order valence-electron chi connectivity index (χ1n) is 2.62. The van der Waals surface area contributed by atoms with Gasteiger partial charge in [-0.1, -0.05) is 0 Å². The summed E-state index contributed by atoms with van der Waals surface area (Å²) in [7, 11) is 0. The van der Waals surface area contributed by atoms with Crippen LogP contribution in [-0.2, 0) is 0 Å². The summed E-state index contributed by atoms with van der Waals surface area (Å²) >= 11 is 1.44. The first kappa shape index (κ1) is 9.14. The second kappa shape index (κ2) is 4.04. The predicted octanol–water partition coefficient (Wildman–Crippen LogP) is 2.69. The van der Waals surface area contributed by atoms with Crippen LogP contribution in [-0.4, -0.2) is 18.2 Å². The zero-order valence-electron chi connectivity index (χ0n) is 5.16. The van der Waals surface area contributed by atoms with Gasteiger partial charge in [-0.25, -0.2) is 0 Å². The molecule has 56 valence electrons. The molecular weight excluding hydrogens is 149 g/mol. The van der Waals surface area contributed by atoms with E-state index < -0.39 is 12.6 Å². The van der Waals surface area contributed by atoms with E-state index in [9.17, 15) is 13.2 Å². The van der Waals surface area contributed by atoms with Crippen LogP contribution in [0.1, 0.15) is 12.8 Å². The van der Waals surface area contributed by atoms with Crippen molar-refractivity contribution in [2.75, 3.05) is 12.0 Å². The van der Waals surface area contributed by atoms with Crippen LogP contribution in [0, 0.1) is 0 Å². The molecule has 0 rings (SSSR count). The number of halogens is 3. The highest BCUT2D eigenvalue weighted by atomic mass is 32.2. The molecule has 0 radical (unpaired) electrons. The van der Waals surface area contributed by atoms with E-state index in [0.29, 0.717) is 5.75 Å².